The second-order valence-electron chi connectivity index (χ2n) is 3.97. The molecule has 0 aliphatic rings. The van der Waals surface area contributed by atoms with Gasteiger partial charge in [-0.05, 0) is 42.5 Å². The Kier molecular flexibility index (Phi) is 4.22. The van der Waals surface area contributed by atoms with E-state index in [0.717, 1.165) is 0 Å². The first-order chi connectivity index (χ1) is 9.54. The van der Waals surface area contributed by atoms with E-state index in [2.05, 4.69) is 10.6 Å². The Balaban J connectivity index is 2.06. The van der Waals surface area contributed by atoms with Gasteiger partial charge in [0.05, 0.1) is 0 Å². The lowest BCUT2D eigenvalue weighted by atomic mass is 10.2. The molecule has 0 radical (unpaired) electrons. The Morgan fingerprint density at radius 3 is 2.10 bits per heavy atom. The number of nitrogens with one attached hydrogen (secondary N) is 2. The molecule has 0 bridgehead atoms. The molecule has 0 fully saturated rings. The van der Waals surface area contributed by atoms with Gasteiger partial charge in [-0.15, -0.1) is 0 Å². The topological polar surface area (TPSA) is 78.4 Å². The molecule has 0 aromatic heterocycles. The number of benzene rings is 2. The number of hydrogen-bond donors (Lipinski definition) is 3. The summed E-state index contributed by atoms with van der Waals surface area (Å²) in [5.41, 5.74) is 1.44. The Hall–Kier alpha value is -2.53. The number of carbonyl (C=O) groups excluding carboxylic acids is 1. The predicted molar refractivity (Wildman–Crippen MR) is 77.5 cm³/mol. The molecule has 2 aromatic carbocycles. The van der Waals surface area contributed by atoms with Gasteiger partial charge in [0.1, 0.15) is 0 Å². The van der Waals surface area contributed by atoms with Crippen LogP contribution in [0.5, 0.6) is 0 Å². The third-order valence-corrected chi connectivity index (χ3v) is 2.72. The highest BCUT2D eigenvalue weighted by Crippen LogP contribution is 2.16. The van der Waals surface area contributed by atoms with Crippen molar-refractivity contribution in [1.82, 2.24) is 0 Å². The van der Waals surface area contributed by atoms with Gasteiger partial charge in [-0.25, -0.2) is 4.79 Å². The Morgan fingerprint density at radius 2 is 1.55 bits per heavy atom. The average molecular weight is 291 g/mol. The van der Waals surface area contributed by atoms with E-state index in [4.69, 9.17) is 16.7 Å². The highest BCUT2D eigenvalue weighted by Gasteiger charge is 2.06. The van der Waals surface area contributed by atoms with Crippen molar-refractivity contribution in [3.8, 4) is 0 Å². The number of rotatable bonds is 3. The summed E-state index contributed by atoms with van der Waals surface area (Å²) in [5.74, 6) is -0.286. The molecular weight excluding hydrogens is 280 g/mol. The van der Waals surface area contributed by atoms with E-state index in [9.17, 15) is 9.59 Å². The molecule has 2 rings (SSSR count). The normalized spacial score (nSPS) is 9.85. The van der Waals surface area contributed by atoms with Crippen molar-refractivity contribution in [2.75, 3.05) is 10.6 Å². The van der Waals surface area contributed by atoms with Crippen LogP contribution in [0.25, 0.3) is 0 Å². The Labute approximate surface area is 120 Å². The number of anilines is 2. The second-order valence-corrected chi connectivity index (χ2v) is 4.41. The van der Waals surface area contributed by atoms with Crippen molar-refractivity contribution in [2.45, 2.75) is 0 Å². The summed E-state index contributed by atoms with van der Waals surface area (Å²) in [6.07, 6.45) is -1.14. The largest absolute Gasteiger partial charge is 0.465 e. The minimum Gasteiger partial charge on any atom is -0.465 e. The van der Waals surface area contributed by atoms with E-state index >= 15 is 0 Å². The minimum atomic E-state index is -1.14. The highest BCUT2D eigenvalue weighted by atomic mass is 35.5. The third kappa shape index (κ3) is 3.73. The zero-order chi connectivity index (χ0) is 14.5. The lowest BCUT2D eigenvalue weighted by Crippen LogP contribution is -2.12. The smallest absolute Gasteiger partial charge is 0.409 e. The maximum atomic E-state index is 11.9. The van der Waals surface area contributed by atoms with E-state index in [-0.39, 0.29) is 5.91 Å². The first-order valence-electron chi connectivity index (χ1n) is 5.71. The van der Waals surface area contributed by atoms with Crippen molar-refractivity contribution in [3.63, 3.8) is 0 Å². The van der Waals surface area contributed by atoms with Crippen LogP contribution in [0.15, 0.2) is 48.5 Å². The van der Waals surface area contributed by atoms with Gasteiger partial charge < -0.3 is 10.4 Å². The van der Waals surface area contributed by atoms with Crippen LogP contribution in [0.3, 0.4) is 0 Å². The minimum absolute atomic E-state index is 0.286. The second kappa shape index (κ2) is 6.08. The van der Waals surface area contributed by atoms with Crippen LogP contribution in [-0.4, -0.2) is 17.1 Å². The Bertz CT molecular complexity index is 641. The molecule has 0 aliphatic heterocycles. The summed E-state index contributed by atoms with van der Waals surface area (Å²) in [7, 11) is 0. The summed E-state index contributed by atoms with van der Waals surface area (Å²) in [6, 6.07) is 12.9. The van der Waals surface area contributed by atoms with Crippen LogP contribution in [0.1, 0.15) is 10.4 Å². The van der Waals surface area contributed by atoms with Gasteiger partial charge in [0, 0.05) is 22.0 Å². The lowest BCUT2D eigenvalue weighted by Gasteiger charge is -2.07. The number of carboxylic acid groups (broad SMARTS) is 1. The zero-order valence-corrected chi connectivity index (χ0v) is 11.0. The highest BCUT2D eigenvalue weighted by molar-refractivity contribution is 6.31. The Morgan fingerprint density at radius 1 is 0.950 bits per heavy atom. The lowest BCUT2D eigenvalue weighted by molar-refractivity contribution is 0.102. The van der Waals surface area contributed by atoms with Crippen LogP contribution in [-0.2, 0) is 0 Å². The van der Waals surface area contributed by atoms with Crippen molar-refractivity contribution >= 4 is 35.0 Å². The first-order valence-corrected chi connectivity index (χ1v) is 6.09. The van der Waals surface area contributed by atoms with Crippen molar-refractivity contribution < 1.29 is 14.7 Å². The fourth-order valence-corrected chi connectivity index (χ4v) is 1.78. The maximum absolute atomic E-state index is 11.9. The first kappa shape index (κ1) is 13.9. The molecule has 0 saturated carbocycles. The zero-order valence-electron chi connectivity index (χ0n) is 10.3. The van der Waals surface area contributed by atoms with Gasteiger partial charge in [-0.2, -0.15) is 0 Å². The van der Waals surface area contributed by atoms with Gasteiger partial charge in [-0.3, -0.25) is 10.1 Å². The number of halogens is 1. The summed E-state index contributed by atoms with van der Waals surface area (Å²) in [5, 5.41) is 14.0. The van der Waals surface area contributed by atoms with Crippen LogP contribution in [0.2, 0.25) is 5.02 Å². The molecule has 2 amide bonds. The third-order valence-electron chi connectivity index (χ3n) is 2.48. The van der Waals surface area contributed by atoms with Gasteiger partial charge in [0.25, 0.3) is 5.91 Å². The number of amides is 2. The van der Waals surface area contributed by atoms with Gasteiger partial charge in [-0.1, -0.05) is 17.7 Å². The van der Waals surface area contributed by atoms with E-state index < -0.39 is 6.09 Å². The van der Waals surface area contributed by atoms with E-state index in [1.165, 1.54) is 0 Å². The molecule has 0 aliphatic carbocycles. The van der Waals surface area contributed by atoms with Gasteiger partial charge in [0.2, 0.25) is 0 Å². The summed E-state index contributed by atoms with van der Waals surface area (Å²) < 4.78 is 0. The molecule has 3 N–H and O–H groups in total. The predicted octanol–water partition coefficient (Wildman–Crippen LogP) is 3.68. The molecular formula is C14H11ClN2O3. The quantitative estimate of drug-likeness (QED) is 0.807. The van der Waals surface area contributed by atoms with Crippen molar-refractivity contribution in [2.24, 2.45) is 0 Å². The molecule has 0 atom stereocenters. The molecule has 0 saturated heterocycles. The molecule has 20 heavy (non-hydrogen) atoms. The fourth-order valence-electron chi connectivity index (χ4n) is 1.59. The molecule has 0 spiro atoms. The fraction of sp³-hybridized carbons (Fsp3) is 0. The standard InChI is InChI=1S/C14H11ClN2O3/c15-10-3-1-2-9(8-10)13(18)16-11-4-6-12(7-5-11)17-14(19)20/h1-8,17H,(H,16,18)(H,19,20). The SMILES string of the molecule is O=C(O)Nc1ccc(NC(=O)c2cccc(Cl)c2)cc1. The van der Waals surface area contributed by atoms with E-state index in [1.807, 2.05) is 0 Å². The van der Waals surface area contributed by atoms with Crippen LogP contribution in [0, 0.1) is 0 Å². The number of hydrogen-bond acceptors (Lipinski definition) is 2. The van der Waals surface area contributed by atoms with Crippen LogP contribution < -0.4 is 10.6 Å². The van der Waals surface area contributed by atoms with Crippen molar-refractivity contribution in [1.29, 1.82) is 0 Å². The van der Waals surface area contributed by atoms with Crippen LogP contribution >= 0.6 is 11.6 Å². The van der Waals surface area contributed by atoms with Gasteiger partial charge in [0.15, 0.2) is 0 Å². The molecule has 0 unspecified atom stereocenters. The van der Waals surface area contributed by atoms with Crippen LogP contribution in [0.4, 0.5) is 16.2 Å². The maximum Gasteiger partial charge on any atom is 0.409 e. The van der Waals surface area contributed by atoms with E-state index in [0.29, 0.717) is 22.0 Å². The van der Waals surface area contributed by atoms with E-state index in [1.54, 1.807) is 48.5 Å². The monoisotopic (exact) mass is 290 g/mol. The number of carbonyl (C=O) groups is 2. The molecule has 5 nitrogen and oxygen atoms in total. The summed E-state index contributed by atoms with van der Waals surface area (Å²) >= 11 is 5.82. The summed E-state index contributed by atoms with van der Waals surface area (Å²) in [4.78, 5) is 22.4. The molecule has 2 aromatic rings. The van der Waals surface area contributed by atoms with Gasteiger partial charge >= 0.3 is 6.09 Å². The molecule has 6 heteroatoms. The van der Waals surface area contributed by atoms with Crippen molar-refractivity contribution in [3.05, 3.63) is 59.1 Å². The molecule has 0 heterocycles. The molecule has 102 valence electrons. The summed E-state index contributed by atoms with van der Waals surface area (Å²) in [6.45, 7) is 0. The average Bonchev–Trinajstić information content (AvgIpc) is 2.40.